The number of carbonyl (C=O) groups is 2. The van der Waals surface area contributed by atoms with E-state index >= 15 is 0 Å². The van der Waals surface area contributed by atoms with Gasteiger partial charge in [-0.15, -0.1) is 13.2 Å². The highest BCUT2D eigenvalue weighted by atomic mass is 19.4. The summed E-state index contributed by atoms with van der Waals surface area (Å²) in [5, 5.41) is 12.3. The van der Waals surface area contributed by atoms with Crippen LogP contribution in [0.25, 0.3) is 10.9 Å². The van der Waals surface area contributed by atoms with Crippen LogP contribution in [0.3, 0.4) is 0 Å². The molecule has 6 nitrogen and oxygen atoms in total. The normalized spacial score (nSPS) is 11.5. The minimum absolute atomic E-state index is 0.0209. The number of phenols is 1. The van der Waals surface area contributed by atoms with E-state index in [1.807, 2.05) is 0 Å². The number of carbonyl (C=O) groups excluding carboxylic acids is 2. The molecule has 0 spiro atoms. The van der Waals surface area contributed by atoms with Gasteiger partial charge in [0.1, 0.15) is 5.75 Å². The zero-order chi connectivity index (χ0) is 22.9. The molecule has 0 bridgehead atoms. The number of phenolic OH excluding ortho intramolecular Hbond substituents is 1. The van der Waals surface area contributed by atoms with Crippen LogP contribution in [0, 0.1) is 12.7 Å². The third-order valence-electron chi connectivity index (χ3n) is 4.66. The van der Waals surface area contributed by atoms with Crippen molar-refractivity contribution >= 4 is 22.7 Å². The first-order valence-electron chi connectivity index (χ1n) is 9.22. The zero-order valence-corrected chi connectivity index (χ0v) is 16.5. The Labute approximate surface area is 174 Å². The molecule has 0 atom stereocenters. The minimum Gasteiger partial charge on any atom is -0.505 e. The topological polar surface area (TPSA) is 80.6 Å². The smallest absolute Gasteiger partial charge is 0.505 e. The van der Waals surface area contributed by atoms with Gasteiger partial charge in [0.05, 0.1) is 11.9 Å². The van der Waals surface area contributed by atoms with Crippen LogP contribution < -0.4 is 10.1 Å². The largest absolute Gasteiger partial charge is 0.573 e. The third kappa shape index (κ3) is 4.47. The number of rotatable bonds is 5. The fourth-order valence-electron chi connectivity index (χ4n) is 3.35. The summed E-state index contributed by atoms with van der Waals surface area (Å²) in [4.78, 5) is 25.2. The van der Waals surface area contributed by atoms with Crippen molar-refractivity contribution in [2.24, 2.45) is 0 Å². The Morgan fingerprint density at radius 3 is 2.35 bits per heavy atom. The molecule has 0 saturated heterocycles. The van der Waals surface area contributed by atoms with E-state index in [1.165, 1.54) is 13.0 Å². The lowest BCUT2D eigenvalue weighted by atomic mass is 10.1. The van der Waals surface area contributed by atoms with Crippen LogP contribution in [0.2, 0.25) is 0 Å². The number of ether oxygens (including phenoxy) is 1. The van der Waals surface area contributed by atoms with E-state index in [1.54, 1.807) is 6.92 Å². The Hall–Kier alpha value is -3.56. The second kappa shape index (κ2) is 8.29. The van der Waals surface area contributed by atoms with E-state index in [-0.39, 0.29) is 34.1 Å². The van der Waals surface area contributed by atoms with Crippen molar-refractivity contribution in [1.82, 2.24) is 9.88 Å². The summed E-state index contributed by atoms with van der Waals surface area (Å²) in [6.45, 7) is 3.59. The summed E-state index contributed by atoms with van der Waals surface area (Å²) in [5.74, 6) is -3.14. The molecular formula is C21H18F4N2O4. The summed E-state index contributed by atoms with van der Waals surface area (Å²) >= 11 is 0. The first-order chi connectivity index (χ1) is 14.5. The highest BCUT2D eigenvalue weighted by molar-refractivity contribution is 6.05. The molecule has 1 heterocycles. The molecule has 1 amide bonds. The van der Waals surface area contributed by atoms with Gasteiger partial charge in [0, 0.05) is 23.2 Å². The summed E-state index contributed by atoms with van der Waals surface area (Å²) in [5.41, 5.74) is 0.631. The Balaban J connectivity index is 2.09. The van der Waals surface area contributed by atoms with E-state index in [0.29, 0.717) is 6.54 Å². The SMILES string of the molecule is CCNC(=O)Cc1c(C)n(C(=O)c2ccc(OC(F)(F)F)cc2)c2ccc(O)c(F)c12. The Morgan fingerprint density at radius 2 is 1.77 bits per heavy atom. The minimum atomic E-state index is -4.87. The molecule has 0 unspecified atom stereocenters. The van der Waals surface area contributed by atoms with Crippen molar-refractivity contribution in [2.45, 2.75) is 26.6 Å². The quantitative estimate of drug-likeness (QED) is 0.589. The highest BCUT2D eigenvalue weighted by Crippen LogP contribution is 2.34. The molecule has 1 aromatic heterocycles. The van der Waals surface area contributed by atoms with Crippen molar-refractivity contribution in [3.8, 4) is 11.5 Å². The van der Waals surface area contributed by atoms with Crippen LogP contribution in [0.5, 0.6) is 11.5 Å². The number of nitrogens with one attached hydrogen (secondary N) is 1. The Bertz CT molecular complexity index is 1150. The maximum Gasteiger partial charge on any atom is 0.573 e. The van der Waals surface area contributed by atoms with Gasteiger partial charge < -0.3 is 15.2 Å². The Kier molecular flexibility index (Phi) is 5.92. The van der Waals surface area contributed by atoms with Gasteiger partial charge in [0.15, 0.2) is 11.6 Å². The van der Waals surface area contributed by atoms with Crippen LogP contribution in [-0.2, 0) is 11.2 Å². The first-order valence-corrected chi connectivity index (χ1v) is 9.22. The predicted octanol–water partition coefficient (Wildman–Crippen LogP) is 4.06. The van der Waals surface area contributed by atoms with Crippen molar-refractivity contribution in [2.75, 3.05) is 6.54 Å². The number of amides is 1. The molecule has 164 valence electrons. The van der Waals surface area contributed by atoms with E-state index in [4.69, 9.17) is 0 Å². The van der Waals surface area contributed by atoms with Crippen molar-refractivity contribution in [3.05, 3.63) is 59.0 Å². The number of benzene rings is 2. The number of nitrogens with zero attached hydrogens (tertiary/aromatic N) is 1. The van der Waals surface area contributed by atoms with Crippen molar-refractivity contribution in [3.63, 3.8) is 0 Å². The molecule has 31 heavy (non-hydrogen) atoms. The number of hydrogen-bond acceptors (Lipinski definition) is 4. The summed E-state index contributed by atoms with van der Waals surface area (Å²) in [7, 11) is 0. The van der Waals surface area contributed by atoms with Crippen LogP contribution in [0.4, 0.5) is 17.6 Å². The lowest BCUT2D eigenvalue weighted by Gasteiger charge is -2.10. The van der Waals surface area contributed by atoms with Gasteiger partial charge in [0.25, 0.3) is 5.91 Å². The number of likely N-dealkylation sites (N-methyl/N-ethyl adjacent to an activating group) is 1. The van der Waals surface area contributed by atoms with E-state index < -0.39 is 35.5 Å². The van der Waals surface area contributed by atoms with Gasteiger partial charge in [-0.2, -0.15) is 0 Å². The lowest BCUT2D eigenvalue weighted by molar-refractivity contribution is -0.274. The first kappa shape index (κ1) is 22.1. The van der Waals surface area contributed by atoms with Crippen molar-refractivity contribution < 1.29 is 37.0 Å². The molecular weight excluding hydrogens is 420 g/mol. The molecule has 0 radical (unpaired) electrons. The molecule has 3 rings (SSSR count). The molecule has 3 aromatic rings. The van der Waals surface area contributed by atoms with E-state index in [9.17, 15) is 32.3 Å². The average Bonchev–Trinajstić information content (AvgIpc) is 2.96. The number of fused-ring (bicyclic) bond motifs is 1. The fraction of sp³-hybridized carbons (Fsp3) is 0.238. The monoisotopic (exact) mass is 438 g/mol. The fourth-order valence-corrected chi connectivity index (χ4v) is 3.35. The number of aromatic hydroxyl groups is 1. The summed E-state index contributed by atoms with van der Waals surface area (Å²) in [6, 6.07) is 6.69. The number of alkyl halides is 3. The van der Waals surface area contributed by atoms with Gasteiger partial charge in [-0.25, -0.2) is 4.39 Å². The van der Waals surface area contributed by atoms with Crippen LogP contribution >= 0.6 is 0 Å². The molecule has 0 saturated carbocycles. The lowest BCUT2D eigenvalue weighted by Crippen LogP contribution is -2.25. The Morgan fingerprint density at radius 1 is 1.13 bits per heavy atom. The molecule has 0 aliphatic rings. The standard InChI is InChI=1S/C21H18F4N2O4/c1-3-26-17(29)10-14-11(2)27(15-8-9-16(28)19(22)18(14)15)20(30)12-4-6-13(7-5-12)31-21(23,24)25/h4-9,28H,3,10H2,1-2H3,(H,26,29). The molecule has 10 heteroatoms. The van der Waals surface area contributed by atoms with Gasteiger partial charge in [0.2, 0.25) is 5.91 Å². The van der Waals surface area contributed by atoms with Crippen LogP contribution in [0.15, 0.2) is 36.4 Å². The molecule has 0 aliphatic heterocycles. The number of halogens is 4. The maximum absolute atomic E-state index is 14.7. The summed E-state index contributed by atoms with van der Waals surface area (Å²) in [6.07, 6.45) is -5.10. The summed E-state index contributed by atoms with van der Waals surface area (Å²) < 4.78 is 56.7. The van der Waals surface area contributed by atoms with Gasteiger partial charge in [-0.05, 0) is 55.8 Å². The predicted molar refractivity (Wildman–Crippen MR) is 104 cm³/mol. The van der Waals surface area contributed by atoms with Crippen LogP contribution in [-0.4, -0.2) is 34.4 Å². The van der Waals surface area contributed by atoms with E-state index in [2.05, 4.69) is 10.1 Å². The van der Waals surface area contributed by atoms with E-state index in [0.717, 1.165) is 34.9 Å². The van der Waals surface area contributed by atoms with Crippen molar-refractivity contribution in [1.29, 1.82) is 0 Å². The average molecular weight is 438 g/mol. The highest BCUT2D eigenvalue weighted by Gasteiger charge is 2.31. The molecule has 0 aliphatic carbocycles. The second-order valence-corrected chi connectivity index (χ2v) is 6.70. The molecule has 0 fully saturated rings. The van der Waals surface area contributed by atoms with Gasteiger partial charge in [-0.3, -0.25) is 14.2 Å². The molecule has 2 N–H and O–H groups in total. The zero-order valence-electron chi connectivity index (χ0n) is 16.5. The maximum atomic E-state index is 14.7. The van der Waals surface area contributed by atoms with Crippen LogP contribution in [0.1, 0.15) is 28.5 Å². The number of hydrogen-bond donors (Lipinski definition) is 2. The van der Waals surface area contributed by atoms with Gasteiger partial charge in [-0.1, -0.05) is 0 Å². The van der Waals surface area contributed by atoms with Gasteiger partial charge >= 0.3 is 6.36 Å². The number of aromatic nitrogens is 1. The second-order valence-electron chi connectivity index (χ2n) is 6.70. The third-order valence-corrected chi connectivity index (χ3v) is 4.66. The molecule has 2 aromatic carbocycles.